The van der Waals surface area contributed by atoms with Gasteiger partial charge in [0.2, 0.25) is 11.8 Å². The van der Waals surface area contributed by atoms with Crippen LogP contribution in [0.3, 0.4) is 0 Å². The molecule has 2 fully saturated rings. The van der Waals surface area contributed by atoms with Gasteiger partial charge in [-0.25, -0.2) is 0 Å². The smallest absolute Gasteiger partial charge is 0.230 e. The molecule has 0 aromatic heterocycles. The van der Waals surface area contributed by atoms with Crippen LogP contribution in [0.4, 0.5) is 5.69 Å². The van der Waals surface area contributed by atoms with Gasteiger partial charge < -0.3 is 19.3 Å². The topological polar surface area (TPSA) is 59.1 Å². The van der Waals surface area contributed by atoms with Crippen molar-refractivity contribution < 1.29 is 19.1 Å². The Bertz CT molecular complexity index is 659. The van der Waals surface area contributed by atoms with E-state index in [1.54, 1.807) is 11.9 Å². The third-order valence-corrected chi connectivity index (χ3v) is 5.37. The number of hydrogen-bond donors (Lipinski definition) is 0. The molecular weight excluding hydrogens is 308 g/mol. The predicted octanol–water partition coefficient (Wildman–Crippen LogP) is 1.50. The lowest BCUT2D eigenvalue weighted by Crippen LogP contribution is -2.49. The van der Waals surface area contributed by atoms with Crippen LogP contribution in [0.25, 0.3) is 0 Å². The first kappa shape index (κ1) is 15.6. The Morgan fingerprint density at radius 3 is 2.54 bits per heavy atom. The Kier molecular flexibility index (Phi) is 3.81. The molecule has 128 valence electrons. The van der Waals surface area contributed by atoms with E-state index in [1.165, 1.54) is 0 Å². The van der Waals surface area contributed by atoms with Crippen LogP contribution < -0.4 is 4.90 Å². The maximum absolute atomic E-state index is 13.0. The van der Waals surface area contributed by atoms with E-state index in [9.17, 15) is 9.59 Å². The van der Waals surface area contributed by atoms with Crippen molar-refractivity contribution >= 4 is 17.5 Å². The number of amides is 2. The first-order valence-electron chi connectivity index (χ1n) is 8.52. The number of hydrogen-bond acceptors (Lipinski definition) is 4. The molecule has 6 nitrogen and oxygen atoms in total. The minimum absolute atomic E-state index is 0.0111. The van der Waals surface area contributed by atoms with E-state index in [1.807, 2.05) is 29.2 Å². The Hall–Kier alpha value is -1.92. The zero-order valence-corrected chi connectivity index (χ0v) is 13.9. The standard InChI is InChI=1S/C18H22N2O4/c1-19-15-5-3-2-4-13(15)14(12-16(19)21)17(22)20-8-6-18(7-9-20)23-10-11-24-18/h2-5,14H,6-12H2,1H3/t14-/m1/s1. The van der Waals surface area contributed by atoms with E-state index in [-0.39, 0.29) is 24.2 Å². The minimum atomic E-state index is -0.489. The Labute approximate surface area is 141 Å². The summed E-state index contributed by atoms with van der Waals surface area (Å²) < 4.78 is 11.4. The normalized spacial score (nSPS) is 25.9. The van der Waals surface area contributed by atoms with Gasteiger partial charge in [-0.05, 0) is 11.6 Å². The van der Waals surface area contributed by atoms with Gasteiger partial charge >= 0.3 is 0 Å². The van der Waals surface area contributed by atoms with Crippen molar-refractivity contribution in [1.82, 2.24) is 4.90 Å². The molecule has 3 aliphatic rings. The molecule has 1 spiro atoms. The van der Waals surface area contributed by atoms with E-state index in [4.69, 9.17) is 9.47 Å². The zero-order chi connectivity index (χ0) is 16.7. The number of fused-ring (bicyclic) bond motifs is 1. The summed E-state index contributed by atoms with van der Waals surface area (Å²) in [4.78, 5) is 28.8. The van der Waals surface area contributed by atoms with Crippen molar-refractivity contribution in [3.05, 3.63) is 29.8 Å². The van der Waals surface area contributed by atoms with Crippen molar-refractivity contribution in [1.29, 1.82) is 0 Å². The van der Waals surface area contributed by atoms with Crippen molar-refractivity contribution in [3.8, 4) is 0 Å². The van der Waals surface area contributed by atoms with Crippen molar-refractivity contribution in [2.75, 3.05) is 38.3 Å². The van der Waals surface area contributed by atoms with Gasteiger partial charge in [0.15, 0.2) is 5.79 Å². The number of piperidine rings is 1. The summed E-state index contributed by atoms with van der Waals surface area (Å²) in [6, 6.07) is 7.68. The van der Waals surface area contributed by atoms with Crippen molar-refractivity contribution in [2.45, 2.75) is 31.0 Å². The molecule has 4 rings (SSSR count). The minimum Gasteiger partial charge on any atom is -0.347 e. The molecule has 2 saturated heterocycles. The van der Waals surface area contributed by atoms with Crippen LogP contribution in [-0.2, 0) is 19.1 Å². The molecular formula is C18H22N2O4. The fourth-order valence-corrected chi connectivity index (χ4v) is 3.94. The Morgan fingerprint density at radius 2 is 1.83 bits per heavy atom. The highest BCUT2D eigenvalue weighted by atomic mass is 16.7. The zero-order valence-electron chi connectivity index (χ0n) is 13.9. The summed E-state index contributed by atoms with van der Waals surface area (Å²) in [6.07, 6.45) is 1.63. The molecule has 6 heteroatoms. The van der Waals surface area contributed by atoms with Crippen LogP contribution in [0, 0.1) is 0 Å². The second-order valence-corrected chi connectivity index (χ2v) is 6.70. The van der Waals surface area contributed by atoms with Crippen LogP contribution >= 0.6 is 0 Å². The SMILES string of the molecule is CN1C(=O)C[C@@H](C(=O)N2CCC3(CC2)OCCO3)c2ccccc21. The maximum Gasteiger partial charge on any atom is 0.230 e. The third kappa shape index (κ3) is 2.50. The largest absolute Gasteiger partial charge is 0.347 e. The van der Waals surface area contributed by atoms with Gasteiger partial charge in [0, 0.05) is 45.1 Å². The summed E-state index contributed by atoms with van der Waals surface area (Å²) in [5.41, 5.74) is 1.78. The first-order valence-corrected chi connectivity index (χ1v) is 8.52. The fourth-order valence-electron chi connectivity index (χ4n) is 3.94. The molecule has 2 amide bonds. The first-order chi connectivity index (χ1) is 11.6. The Morgan fingerprint density at radius 1 is 1.17 bits per heavy atom. The summed E-state index contributed by atoms with van der Waals surface area (Å²) >= 11 is 0. The van der Waals surface area contributed by atoms with Crippen LogP contribution in [0.1, 0.15) is 30.7 Å². The quantitative estimate of drug-likeness (QED) is 0.783. The number of benzene rings is 1. The van der Waals surface area contributed by atoms with E-state index in [2.05, 4.69) is 0 Å². The van der Waals surface area contributed by atoms with Gasteiger partial charge in [-0.3, -0.25) is 9.59 Å². The van der Waals surface area contributed by atoms with Crippen molar-refractivity contribution in [3.63, 3.8) is 0 Å². The van der Waals surface area contributed by atoms with Crippen LogP contribution in [-0.4, -0.2) is 55.9 Å². The molecule has 0 aliphatic carbocycles. The average molecular weight is 330 g/mol. The number of anilines is 1. The van der Waals surface area contributed by atoms with Gasteiger partial charge in [0.25, 0.3) is 0 Å². The second kappa shape index (κ2) is 5.86. The number of likely N-dealkylation sites (tertiary alicyclic amines) is 1. The van der Waals surface area contributed by atoms with E-state index in [0.717, 1.165) is 11.3 Å². The third-order valence-electron chi connectivity index (χ3n) is 5.37. The monoisotopic (exact) mass is 330 g/mol. The number of ether oxygens (including phenoxy) is 2. The van der Waals surface area contributed by atoms with Gasteiger partial charge in [-0.15, -0.1) is 0 Å². The number of carbonyl (C=O) groups is 2. The van der Waals surface area contributed by atoms with Gasteiger partial charge in [0.1, 0.15) is 0 Å². The lowest BCUT2D eigenvalue weighted by Gasteiger charge is -2.40. The molecule has 0 radical (unpaired) electrons. The number of nitrogens with zero attached hydrogens (tertiary/aromatic N) is 2. The lowest BCUT2D eigenvalue weighted by molar-refractivity contribution is -0.187. The molecule has 0 unspecified atom stereocenters. The number of rotatable bonds is 1. The molecule has 24 heavy (non-hydrogen) atoms. The molecule has 1 aromatic carbocycles. The highest BCUT2D eigenvalue weighted by Crippen LogP contribution is 2.38. The van der Waals surface area contributed by atoms with Crippen LogP contribution in [0.5, 0.6) is 0 Å². The van der Waals surface area contributed by atoms with Gasteiger partial charge in [-0.2, -0.15) is 0 Å². The maximum atomic E-state index is 13.0. The second-order valence-electron chi connectivity index (χ2n) is 6.70. The molecule has 0 saturated carbocycles. The highest BCUT2D eigenvalue weighted by molar-refractivity contribution is 6.02. The summed E-state index contributed by atoms with van der Waals surface area (Å²) in [7, 11) is 1.77. The summed E-state index contributed by atoms with van der Waals surface area (Å²) in [6.45, 7) is 2.48. The lowest BCUT2D eigenvalue weighted by atomic mass is 9.87. The van der Waals surface area contributed by atoms with Crippen LogP contribution in [0.15, 0.2) is 24.3 Å². The van der Waals surface area contributed by atoms with Crippen LogP contribution in [0.2, 0.25) is 0 Å². The van der Waals surface area contributed by atoms with E-state index in [0.29, 0.717) is 39.1 Å². The number of carbonyl (C=O) groups excluding carboxylic acids is 2. The van der Waals surface area contributed by atoms with E-state index < -0.39 is 5.79 Å². The number of para-hydroxylation sites is 1. The Balaban J connectivity index is 1.53. The van der Waals surface area contributed by atoms with Gasteiger partial charge in [-0.1, -0.05) is 18.2 Å². The highest BCUT2D eigenvalue weighted by Gasteiger charge is 2.43. The van der Waals surface area contributed by atoms with Crippen molar-refractivity contribution in [2.24, 2.45) is 0 Å². The average Bonchev–Trinajstić information content (AvgIpc) is 3.06. The van der Waals surface area contributed by atoms with E-state index >= 15 is 0 Å². The molecule has 0 bridgehead atoms. The molecule has 1 aromatic rings. The summed E-state index contributed by atoms with van der Waals surface area (Å²) in [5.74, 6) is -0.846. The molecule has 3 aliphatic heterocycles. The fraction of sp³-hybridized carbons (Fsp3) is 0.556. The molecule has 3 heterocycles. The molecule has 1 atom stereocenters. The summed E-state index contributed by atoms with van der Waals surface area (Å²) in [5, 5.41) is 0. The predicted molar refractivity (Wildman–Crippen MR) is 87.7 cm³/mol. The van der Waals surface area contributed by atoms with Gasteiger partial charge in [0.05, 0.1) is 19.1 Å². The molecule has 0 N–H and O–H groups in total.